The Bertz CT molecular complexity index is 274. The standard InChI is InChI=1S/C2H3N3O3S/c6-9(7,8)2-3-1-4-5-2/h1H,(H,3,4,5)(H,6,7,8)/p-1. The van der Waals surface area contributed by atoms with Crippen molar-refractivity contribution in [3.8, 4) is 0 Å². The normalized spacial score (nSPS) is 11.7. The Labute approximate surface area is 50.7 Å². The molecule has 7 heteroatoms. The predicted octanol–water partition coefficient (Wildman–Crippen LogP) is -1.29. The van der Waals surface area contributed by atoms with Crippen LogP contribution in [0.4, 0.5) is 0 Å². The van der Waals surface area contributed by atoms with Crippen LogP contribution in [0.1, 0.15) is 0 Å². The summed E-state index contributed by atoms with van der Waals surface area (Å²) in [5, 5.41) is 4.44. The van der Waals surface area contributed by atoms with Gasteiger partial charge in [-0.15, -0.1) is 0 Å². The van der Waals surface area contributed by atoms with Gasteiger partial charge in [0.15, 0.2) is 10.1 Å². The highest BCUT2D eigenvalue weighted by Gasteiger charge is 2.00. The first kappa shape index (κ1) is 6.17. The maximum absolute atomic E-state index is 10.0. The van der Waals surface area contributed by atoms with Crippen LogP contribution in [0.3, 0.4) is 0 Å². The van der Waals surface area contributed by atoms with Crippen LogP contribution in [-0.2, 0) is 10.1 Å². The van der Waals surface area contributed by atoms with E-state index in [1.807, 2.05) is 5.10 Å². The van der Waals surface area contributed by atoms with Crippen molar-refractivity contribution < 1.29 is 13.0 Å². The molecule has 0 aliphatic rings. The van der Waals surface area contributed by atoms with Crippen LogP contribution in [0.25, 0.3) is 0 Å². The lowest BCUT2D eigenvalue weighted by atomic mass is 11.3. The first-order valence-electron chi connectivity index (χ1n) is 1.92. The molecule has 1 heterocycles. The quantitative estimate of drug-likeness (QED) is 0.499. The summed E-state index contributed by atoms with van der Waals surface area (Å²) >= 11 is 0. The lowest BCUT2D eigenvalue weighted by Crippen LogP contribution is -2.00. The van der Waals surface area contributed by atoms with Crippen LogP contribution in [0.2, 0.25) is 0 Å². The van der Waals surface area contributed by atoms with Crippen LogP contribution >= 0.6 is 0 Å². The fraction of sp³-hybridized carbons (Fsp3) is 0. The van der Waals surface area contributed by atoms with E-state index in [-0.39, 0.29) is 0 Å². The summed E-state index contributed by atoms with van der Waals surface area (Å²) in [7, 11) is -4.44. The Morgan fingerprint density at radius 1 is 1.67 bits per heavy atom. The van der Waals surface area contributed by atoms with Gasteiger partial charge in [0, 0.05) is 0 Å². The molecule has 50 valence electrons. The third kappa shape index (κ3) is 1.24. The van der Waals surface area contributed by atoms with Gasteiger partial charge in [-0.3, -0.25) is 5.10 Å². The molecule has 0 spiro atoms. The highest BCUT2D eigenvalue weighted by molar-refractivity contribution is 7.85. The summed E-state index contributed by atoms with van der Waals surface area (Å²) in [4.78, 5) is 3.12. The molecule has 0 aromatic carbocycles. The number of nitrogens with zero attached hydrogens (tertiary/aromatic N) is 2. The van der Waals surface area contributed by atoms with Gasteiger partial charge in [-0.2, -0.15) is 5.10 Å². The second-order valence-electron chi connectivity index (χ2n) is 1.24. The monoisotopic (exact) mass is 148 g/mol. The molecule has 0 aliphatic carbocycles. The van der Waals surface area contributed by atoms with Crippen molar-refractivity contribution >= 4 is 10.1 Å². The molecular weight excluding hydrogens is 146 g/mol. The minimum absolute atomic E-state index is 0.650. The molecule has 1 aromatic rings. The second kappa shape index (κ2) is 1.78. The topological polar surface area (TPSA) is 98.8 Å². The zero-order chi connectivity index (χ0) is 6.91. The molecule has 9 heavy (non-hydrogen) atoms. The average molecular weight is 148 g/mol. The van der Waals surface area contributed by atoms with Crippen LogP contribution in [-0.4, -0.2) is 28.2 Å². The van der Waals surface area contributed by atoms with Crippen molar-refractivity contribution in [1.82, 2.24) is 15.2 Å². The van der Waals surface area contributed by atoms with Gasteiger partial charge < -0.3 is 4.55 Å². The number of H-pyrrole nitrogens is 1. The average Bonchev–Trinajstić information content (AvgIpc) is 2.08. The minimum atomic E-state index is -4.44. The number of hydrogen-bond donors (Lipinski definition) is 1. The maximum atomic E-state index is 10.0. The Hall–Kier alpha value is -0.950. The lowest BCUT2D eigenvalue weighted by Gasteiger charge is -1.98. The van der Waals surface area contributed by atoms with Gasteiger partial charge in [0.25, 0.3) is 0 Å². The smallest absolute Gasteiger partial charge is 0.230 e. The van der Waals surface area contributed by atoms with Crippen molar-refractivity contribution in [3.63, 3.8) is 0 Å². The van der Waals surface area contributed by atoms with Gasteiger partial charge in [0.05, 0.1) is 0 Å². The molecule has 0 saturated carbocycles. The van der Waals surface area contributed by atoms with E-state index in [0.29, 0.717) is 0 Å². The molecule has 0 fully saturated rings. The minimum Gasteiger partial charge on any atom is -0.742 e. The van der Waals surface area contributed by atoms with Crippen LogP contribution in [0.5, 0.6) is 0 Å². The van der Waals surface area contributed by atoms with Gasteiger partial charge in [-0.25, -0.2) is 13.4 Å². The predicted molar refractivity (Wildman–Crippen MR) is 24.3 cm³/mol. The van der Waals surface area contributed by atoms with E-state index >= 15 is 0 Å². The summed E-state index contributed by atoms with van der Waals surface area (Å²) < 4.78 is 30.0. The molecule has 1 N–H and O–H groups in total. The summed E-state index contributed by atoms with van der Waals surface area (Å²) in [6.07, 6.45) is 0.949. The summed E-state index contributed by atoms with van der Waals surface area (Å²) in [5.74, 6) is 0. The number of rotatable bonds is 1. The molecule has 0 radical (unpaired) electrons. The second-order valence-corrected chi connectivity index (χ2v) is 2.54. The molecular formula is C2H2N3O3S-. The Morgan fingerprint density at radius 3 is 2.56 bits per heavy atom. The Balaban J connectivity index is 3.20. The van der Waals surface area contributed by atoms with Crippen LogP contribution in [0, 0.1) is 0 Å². The molecule has 0 saturated heterocycles. The van der Waals surface area contributed by atoms with Gasteiger partial charge in [0.1, 0.15) is 6.33 Å². The fourth-order valence-corrected chi connectivity index (χ4v) is 0.655. The van der Waals surface area contributed by atoms with E-state index in [4.69, 9.17) is 0 Å². The molecule has 0 aliphatic heterocycles. The lowest BCUT2D eigenvalue weighted by molar-refractivity contribution is 0.455. The van der Waals surface area contributed by atoms with E-state index in [0.717, 1.165) is 6.33 Å². The van der Waals surface area contributed by atoms with E-state index in [2.05, 4.69) is 10.1 Å². The molecule has 1 aromatic heterocycles. The molecule has 0 amide bonds. The van der Waals surface area contributed by atoms with E-state index in [1.165, 1.54) is 0 Å². The van der Waals surface area contributed by atoms with E-state index in [9.17, 15) is 13.0 Å². The third-order valence-corrected chi connectivity index (χ3v) is 1.30. The fourth-order valence-electron chi connectivity index (χ4n) is 0.315. The van der Waals surface area contributed by atoms with Crippen molar-refractivity contribution in [2.24, 2.45) is 0 Å². The zero-order valence-electron chi connectivity index (χ0n) is 4.10. The summed E-state index contributed by atoms with van der Waals surface area (Å²) in [6, 6.07) is 0. The van der Waals surface area contributed by atoms with Crippen molar-refractivity contribution in [2.75, 3.05) is 0 Å². The first-order chi connectivity index (χ1) is 4.11. The highest BCUT2D eigenvalue weighted by atomic mass is 32.2. The molecule has 0 unspecified atom stereocenters. The number of aromatic nitrogens is 3. The Kier molecular flexibility index (Phi) is 1.22. The maximum Gasteiger partial charge on any atom is 0.230 e. The number of nitrogens with one attached hydrogen (secondary N) is 1. The Morgan fingerprint density at radius 2 is 2.33 bits per heavy atom. The van der Waals surface area contributed by atoms with E-state index < -0.39 is 15.3 Å². The third-order valence-electron chi connectivity index (χ3n) is 0.630. The van der Waals surface area contributed by atoms with Crippen molar-refractivity contribution in [3.05, 3.63) is 6.33 Å². The van der Waals surface area contributed by atoms with Crippen molar-refractivity contribution in [2.45, 2.75) is 5.16 Å². The van der Waals surface area contributed by atoms with Gasteiger partial charge in [-0.05, 0) is 0 Å². The molecule has 6 nitrogen and oxygen atoms in total. The van der Waals surface area contributed by atoms with E-state index in [1.54, 1.807) is 0 Å². The first-order valence-corrected chi connectivity index (χ1v) is 3.33. The SMILES string of the molecule is O=S(=O)([O-])c1ncn[nH]1. The molecule has 0 bridgehead atoms. The summed E-state index contributed by atoms with van der Waals surface area (Å²) in [5.41, 5.74) is 0. The van der Waals surface area contributed by atoms with Gasteiger partial charge >= 0.3 is 0 Å². The van der Waals surface area contributed by atoms with Gasteiger partial charge in [-0.1, -0.05) is 0 Å². The highest BCUT2D eigenvalue weighted by Crippen LogP contribution is 1.94. The zero-order valence-corrected chi connectivity index (χ0v) is 4.92. The summed E-state index contributed by atoms with van der Waals surface area (Å²) in [6.45, 7) is 0. The largest absolute Gasteiger partial charge is 0.742 e. The van der Waals surface area contributed by atoms with Crippen molar-refractivity contribution in [1.29, 1.82) is 0 Å². The number of aromatic amines is 1. The molecule has 1 rings (SSSR count). The van der Waals surface area contributed by atoms with Crippen LogP contribution < -0.4 is 0 Å². The van der Waals surface area contributed by atoms with Gasteiger partial charge in [0.2, 0.25) is 5.16 Å². The number of hydrogen-bond acceptors (Lipinski definition) is 5. The molecule has 0 atom stereocenters. The van der Waals surface area contributed by atoms with Crippen LogP contribution in [0.15, 0.2) is 11.5 Å².